The summed E-state index contributed by atoms with van der Waals surface area (Å²) in [7, 11) is 1.59. The topological polar surface area (TPSA) is 55.8 Å². The molecular formula is C24H16INO4S2. The number of halogens is 1. The molecule has 0 unspecified atom stereocenters. The molecule has 0 spiro atoms. The molecule has 0 atom stereocenters. The van der Waals surface area contributed by atoms with Crippen LogP contribution in [0.3, 0.4) is 0 Å². The van der Waals surface area contributed by atoms with Crippen LogP contribution in [0.1, 0.15) is 15.9 Å². The number of ether oxygens (including phenoxy) is 2. The van der Waals surface area contributed by atoms with E-state index >= 15 is 0 Å². The Morgan fingerprint density at radius 3 is 2.31 bits per heavy atom. The molecule has 0 N–H and O–H groups in total. The number of methoxy groups -OCH3 is 1. The predicted octanol–water partition coefficient (Wildman–Crippen LogP) is 5.92. The van der Waals surface area contributed by atoms with Gasteiger partial charge in [-0.05, 0) is 82.8 Å². The maximum atomic E-state index is 12.9. The highest BCUT2D eigenvalue weighted by atomic mass is 127. The second-order valence-electron chi connectivity index (χ2n) is 6.65. The summed E-state index contributed by atoms with van der Waals surface area (Å²) < 4.78 is 11.9. The number of hydrogen-bond acceptors (Lipinski definition) is 6. The first kappa shape index (κ1) is 22.5. The van der Waals surface area contributed by atoms with Crippen LogP contribution in [0.15, 0.2) is 77.7 Å². The van der Waals surface area contributed by atoms with Crippen molar-refractivity contribution in [2.75, 3.05) is 12.0 Å². The number of anilines is 1. The van der Waals surface area contributed by atoms with Crippen molar-refractivity contribution in [3.8, 4) is 11.5 Å². The number of nitrogens with zero attached hydrogens (tertiary/aromatic N) is 1. The first-order valence-corrected chi connectivity index (χ1v) is 11.8. The summed E-state index contributed by atoms with van der Waals surface area (Å²) in [6, 6.07) is 21.4. The van der Waals surface area contributed by atoms with Crippen molar-refractivity contribution in [1.29, 1.82) is 0 Å². The van der Waals surface area contributed by atoms with Gasteiger partial charge in [0.1, 0.15) is 11.5 Å². The second kappa shape index (κ2) is 9.85. The van der Waals surface area contributed by atoms with Gasteiger partial charge in [0.2, 0.25) is 0 Å². The number of esters is 1. The lowest BCUT2D eigenvalue weighted by atomic mass is 10.2. The third-order valence-corrected chi connectivity index (χ3v) is 6.85. The lowest BCUT2D eigenvalue weighted by Crippen LogP contribution is -2.27. The quantitative estimate of drug-likeness (QED) is 0.124. The van der Waals surface area contributed by atoms with E-state index in [1.54, 1.807) is 73.8 Å². The van der Waals surface area contributed by atoms with E-state index in [9.17, 15) is 9.59 Å². The molecule has 5 nitrogen and oxygen atoms in total. The summed E-state index contributed by atoms with van der Waals surface area (Å²) in [5.74, 6) is 0.539. The number of carbonyl (C=O) groups excluding carboxylic acids is 2. The highest BCUT2D eigenvalue weighted by Gasteiger charge is 2.33. The van der Waals surface area contributed by atoms with Crippen LogP contribution in [-0.4, -0.2) is 23.3 Å². The maximum Gasteiger partial charge on any atom is 0.344 e. The van der Waals surface area contributed by atoms with Gasteiger partial charge in [-0.2, -0.15) is 0 Å². The largest absolute Gasteiger partial charge is 0.497 e. The van der Waals surface area contributed by atoms with Gasteiger partial charge in [0.05, 0.1) is 23.3 Å². The normalized spacial score (nSPS) is 14.7. The Bertz CT molecular complexity index is 1220. The molecule has 32 heavy (non-hydrogen) atoms. The first-order valence-electron chi connectivity index (χ1n) is 9.45. The summed E-state index contributed by atoms with van der Waals surface area (Å²) in [5, 5.41) is 0. The Morgan fingerprint density at radius 2 is 1.66 bits per heavy atom. The molecule has 0 saturated carbocycles. The van der Waals surface area contributed by atoms with Crippen molar-refractivity contribution in [3.63, 3.8) is 0 Å². The molecule has 0 radical (unpaired) electrons. The van der Waals surface area contributed by atoms with Crippen molar-refractivity contribution in [1.82, 2.24) is 0 Å². The van der Waals surface area contributed by atoms with Gasteiger partial charge in [0.25, 0.3) is 5.91 Å². The third-order valence-electron chi connectivity index (χ3n) is 4.61. The highest BCUT2D eigenvalue weighted by molar-refractivity contribution is 14.1. The van der Waals surface area contributed by atoms with Crippen molar-refractivity contribution >= 4 is 74.5 Å². The Morgan fingerprint density at radius 1 is 1.00 bits per heavy atom. The smallest absolute Gasteiger partial charge is 0.344 e. The highest BCUT2D eigenvalue weighted by Crippen LogP contribution is 2.36. The minimum atomic E-state index is -0.414. The van der Waals surface area contributed by atoms with E-state index in [2.05, 4.69) is 22.6 Å². The lowest BCUT2D eigenvalue weighted by Gasteiger charge is -2.14. The molecule has 3 aromatic rings. The SMILES string of the molecule is COc1ccc(N2C(=O)C(=Cc3ccc(OC(=O)c4ccccc4I)cc3)SC2=S)cc1. The Hall–Kier alpha value is -2.69. The van der Waals surface area contributed by atoms with E-state index in [0.29, 0.717) is 32.0 Å². The molecule has 1 heterocycles. The van der Waals surface area contributed by atoms with Crippen molar-refractivity contribution in [2.45, 2.75) is 0 Å². The maximum absolute atomic E-state index is 12.9. The zero-order valence-corrected chi connectivity index (χ0v) is 20.6. The zero-order valence-electron chi connectivity index (χ0n) is 16.8. The number of hydrogen-bond donors (Lipinski definition) is 0. The molecule has 0 aliphatic carbocycles. The van der Waals surface area contributed by atoms with E-state index in [1.165, 1.54) is 16.7 Å². The van der Waals surface area contributed by atoms with Crippen molar-refractivity contribution in [3.05, 3.63) is 92.4 Å². The number of thiocarbonyl (C=S) groups is 1. The van der Waals surface area contributed by atoms with Gasteiger partial charge in [0, 0.05) is 3.57 Å². The molecule has 8 heteroatoms. The molecule has 160 valence electrons. The molecule has 3 aromatic carbocycles. The number of rotatable bonds is 5. The van der Waals surface area contributed by atoms with Gasteiger partial charge < -0.3 is 9.47 Å². The summed E-state index contributed by atoms with van der Waals surface area (Å²) >= 11 is 8.76. The van der Waals surface area contributed by atoms with Gasteiger partial charge in [-0.25, -0.2) is 4.79 Å². The first-order chi connectivity index (χ1) is 15.5. The van der Waals surface area contributed by atoms with E-state index in [4.69, 9.17) is 21.7 Å². The van der Waals surface area contributed by atoms with Crippen molar-refractivity contribution < 1.29 is 19.1 Å². The zero-order chi connectivity index (χ0) is 22.7. The minimum Gasteiger partial charge on any atom is -0.497 e. The van der Waals surface area contributed by atoms with Gasteiger partial charge in [-0.3, -0.25) is 9.69 Å². The average Bonchev–Trinajstić information content (AvgIpc) is 3.08. The summed E-state index contributed by atoms with van der Waals surface area (Å²) in [5.41, 5.74) is 2.00. The Kier molecular flexibility index (Phi) is 6.92. The second-order valence-corrected chi connectivity index (χ2v) is 9.49. The summed E-state index contributed by atoms with van der Waals surface area (Å²) in [4.78, 5) is 27.3. The van der Waals surface area contributed by atoms with Crippen LogP contribution in [0.2, 0.25) is 0 Å². The van der Waals surface area contributed by atoms with Gasteiger partial charge in [-0.15, -0.1) is 0 Å². The number of carbonyl (C=O) groups is 2. The lowest BCUT2D eigenvalue weighted by molar-refractivity contribution is -0.113. The van der Waals surface area contributed by atoms with Gasteiger partial charge in [-0.1, -0.05) is 48.2 Å². The summed E-state index contributed by atoms with van der Waals surface area (Å²) in [6.45, 7) is 0. The van der Waals surface area contributed by atoms with E-state index in [0.717, 1.165) is 9.13 Å². The fourth-order valence-corrected chi connectivity index (χ4v) is 4.90. The molecule has 1 aliphatic rings. The molecule has 0 bridgehead atoms. The van der Waals surface area contributed by atoms with Crippen LogP contribution < -0.4 is 14.4 Å². The standard InChI is InChI=1S/C24H16INO4S2/c1-29-17-12-8-16(9-13-17)26-22(27)21(32-24(26)31)14-15-6-10-18(11-7-15)30-23(28)19-4-2-3-5-20(19)25/h2-14H,1H3. The fourth-order valence-electron chi connectivity index (χ4n) is 2.99. The molecular weight excluding hydrogens is 557 g/mol. The van der Waals surface area contributed by atoms with Crippen LogP contribution in [0.25, 0.3) is 6.08 Å². The molecule has 4 rings (SSSR count). The molecule has 1 amide bonds. The monoisotopic (exact) mass is 573 g/mol. The van der Waals surface area contributed by atoms with Gasteiger partial charge in [0.15, 0.2) is 4.32 Å². The predicted molar refractivity (Wildman–Crippen MR) is 139 cm³/mol. The van der Waals surface area contributed by atoms with Crippen molar-refractivity contribution in [2.24, 2.45) is 0 Å². The Labute approximate surface area is 208 Å². The van der Waals surface area contributed by atoms with Gasteiger partial charge >= 0.3 is 5.97 Å². The van der Waals surface area contributed by atoms with Crippen LogP contribution in [0.5, 0.6) is 11.5 Å². The number of amides is 1. The van der Waals surface area contributed by atoms with E-state index in [-0.39, 0.29) is 5.91 Å². The molecule has 1 fully saturated rings. The molecule has 1 aliphatic heterocycles. The van der Waals surface area contributed by atoms with Crippen LogP contribution >= 0.6 is 46.6 Å². The fraction of sp³-hybridized carbons (Fsp3) is 0.0417. The summed E-state index contributed by atoms with van der Waals surface area (Å²) in [6.07, 6.45) is 1.77. The Balaban J connectivity index is 1.48. The van der Waals surface area contributed by atoms with Crippen LogP contribution in [0.4, 0.5) is 5.69 Å². The number of thioether (sulfide) groups is 1. The molecule has 1 saturated heterocycles. The average molecular weight is 573 g/mol. The van der Waals surface area contributed by atoms with Crippen LogP contribution in [0, 0.1) is 3.57 Å². The van der Waals surface area contributed by atoms with Crippen LogP contribution in [-0.2, 0) is 4.79 Å². The van der Waals surface area contributed by atoms with E-state index < -0.39 is 5.97 Å². The number of benzene rings is 3. The molecule has 0 aromatic heterocycles. The third kappa shape index (κ3) is 4.87. The minimum absolute atomic E-state index is 0.181. The van der Waals surface area contributed by atoms with E-state index in [1.807, 2.05) is 12.1 Å².